The number of rotatable bonds is 6. The molecule has 2 aliphatic heterocycles. The van der Waals surface area contributed by atoms with E-state index in [1.165, 1.54) is 17.2 Å². The van der Waals surface area contributed by atoms with Crippen LogP contribution in [0.15, 0.2) is 47.7 Å². The van der Waals surface area contributed by atoms with Crippen molar-refractivity contribution in [3.05, 3.63) is 59.7 Å². The van der Waals surface area contributed by atoms with E-state index < -0.39 is 35.1 Å². The maximum Gasteiger partial charge on any atom is 0.490 e. The number of hydrogen-bond donors (Lipinski definition) is 3. The van der Waals surface area contributed by atoms with E-state index in [0.29, 0.717) is 24.8 Å². The molecule has 1 aliphatic carbocycles. The summed E-state index contributed by atoms with van der Waals surface area (Å²) in [6, 6.07) is 8.26. The summed E-state index contributed by atoms with van der Waals surface area (Å²) in [6.45, 7) is 7.87. The number of alkyl halides is 3. The number of carbonyl (C=O) groups is 3. The first-order valence-electron chi connectivity index (χ1n) is 14.1. The lowest BCUT2D eigenvalue weighted by Crippen LogP contribution is -2.52. The number of nitrogens with two attached hydrogens (primary N) is 1. The van der Waals surface area contributed by atoms with Crippen LogP contribution in [0.5, 0.6) is 5.75 Å². The van der Waals surface area contributed by atoms with Crippen molar-refractivity contribution in [2.24, 2.45) is 22.6 Å². The molecule has 5 rings (SSSR count). The van der Waals surface area contributed by atoms with Gasteiger partial charge in [0.25, 0.3) is 0 Å². The molecule has 14 heteroatoms. The van der Waals surface area contributed by atoms with Gasteiger partial charge in [-0.15, -0.1) is 0 Å². The molecule has 2 amide bonds. The largest absolute Gasteiger partial charge is 0.490 e. The molecule has 4 N–H and O–H groups in total. The van der Waals surface area contributed by atoms with Gasteiger partial charge in [0.1, 0.15) is 17.2 Å². The molecule has 10 nitrogen and oxygen atoms in total. The number of aliphatic imine (C=N–C) groups is 1. The van der Waals surface area contributed by atoms with Crippen LogP contribution in [0.4, 0.5) is 17.6 Å². The summed E-state index contributed by atoms with van der Waals surface area (Å²) in [5.41, 5.74) is 6.79. The van der Waals surface area contributed by atoms with E-state index in [4.69, 9.17) is 20.4 Å². The van der Waals surface area contributed by atoms with Crippen LogP contribution in [0.2, 0.25) is 0 Å². The number of guanidine groups is 1. The Labute approximate surface area is 251 Å². The molecule has 5 atom stereocenters. The predicted octanol–water partition coefficient (Wildman–Crippen LogP) is 4.67. The average Bonchev–Trinajstić information content (AvgIpc) is 3.70. The molecule has 44 heavy (non-hydrogen) atoms. The highest BCUT2D eigenvalue weighted by Crippen LogP contribution is 2.52. The van der Waals surface area contributed by atoms with E-state index in [0.717, 1.165) is 17.5 Å². The number of hydrogen-bond acceptors (Lipinski definition) is 7. The minimum atomic E-state index is -5.08. The van der Waals surface area contributed by atoms with Crippen LogP contribution in [0.1, 0.15) is 76.6 Å². The number of benzene rings is 1. The van der Waals surface area contributed by atoms with Gasteiger partial charge in [-0.25, -0.2) is 14.2 Å². The molecule has 238 valence electrons. The van der Waals surface area contributed by atoms with Crippen molar-refractivity contribution < 1.29 is 41.8 Å². The molecule has 0 bridgehead atoms. The second-order valence-corrected chi connectivity index (χ2v) is 12.1. The first kappa shape index (κ1) is 32.7. The predicted molar refractivity (Wildman–Crippen MR) is 151 cm³/mol. The van der Waals surface area contributed by atoms with Crippen LogP contribution >= 0.6 is 0 Å². The maximum atomic E-state index is 14.2. The van der Waals surface area contributed by atoms with Crippen molar-refractivity contribution in [2.75, 3.05) is 0 Å². The van der Waals surface area contributed by atoms with E-state index in [1.807, 2.05) is 52.0 Å². The molecule has 3 aliphatic rings. The number of para-hydroxylation sites is 1. The Morgan fingerprint density at radius 3 is 2.48 bits per heavy atom. The highest BCUT2D eigenvalue weighted by atomic mass is 19.4. The van der Waals surface area contributed by atoms with Crippen LogP contribution in [0.3, 0.4) is 0 Å². The molecule has 1 aromatic carbocycles. The Hall–Kier alpha value is -4.23. The zero-order chi connectivity index (χ0) is 32.6. The van der Waals surface area contributed by atoms with Gasteiger partial charge in [-0.05, 0) is 57.2 Å². The average molecular weight is 622 g/mol. The number of aliphatic carboxylic acids is 1. The van der Waals surface area contributed by atoms with Crippen LogP contribution in [-0.2, 0) is 14.4 Å². The molecule has 1 unspecified atom stereocenters. The molecule has 1 fully saturated rings. The third-order valence-corrected chi connectivity index (χ3v) is 8.06. The zero-order valence-corrected chi connectivity index (χ0v) is 24.7. The smallest absolute Gasteiger partial charge is 0.487 e. The third kappa shape index (κ3) is 7.28. The van der Waals surface area contributed by atoms with Crippen molar-refractivity contribution in [2.45, 2.75) is 82.8 Å². The standard InChI is InChI=1S/C28H34FN5O3.C2HF3O2/c1-5-28(4)13-23(35)34(26(30)33-28)24(16-10-17(29)15-31-14-16)19-11-20(19)25(36)32-21-12-27(2,3)37-22-9-7-6-8-18(21)22;3-2(4,5)1(6)7/h6-10,14-15,19-21,24H,5,11-13H2,1-4H3,(H2,30,33)(H,32,36);(H,6,7)/t19-,20-,21+,24?,28+;/m1./s1. The van der Waals surface area contributed by atoms with Crippen LogP contribution in [0, 0.1) is 17.7 Å². The van der Waals surface area contributed by atoms with Crippen molar-refractivity contribution in [1.29, 1.82) is 0 Å². The molecule has 1 aromatic heterocycles. The quantitative estimate of drug-likeness (QED) is 0.398. The lowest BCUT2D eigenvalue weighted by Gasteiger charge is -2.39. The van der Waals surface area contributed by atoms with Crippen molar-refractivity contribution in [1.82, 2.24) is 15.2 Å². The van der Waals surface area contributed by atoms with Gasteiger partial charge in [-0.3, -0.25) is 19.5 Å². The van der Waals surface area contributed by atoms with Crippen LogP contribution in [0.25, 0.3) is 0 Å². The van der Waals surface area contributed by atoms with Crippen molar-refractivity contribution in [3.8, 4) is 5.75 Å². The summed E-state index contributed by atoms with van der Waals surface area (Å²) in [6.07, 6.45) is -0.399. The van der Waals surface area contributed by atoms with E-state index in [2.05, 4.69) is 15.3 Å². The molecular weight excluding hydrogens is 586 g/mol. The third-order valence-electron chi connectivity index (χ3n) is 8.06. The Morgan fingerprint density at radius 1 is 1.23 bits per heavy atom. The number of nitrogens with one attached hydrogen (secondary N) is 1. The number of carbonyl (C=O) groups excluding carboxylic acids is 2. The number of pyridine rings is 1. The number of carboxylic acid groups (broad SMARTS) is 1. The van der Waals surface area contributed by atoms with Gasteiger partial charge in [0, 0.05) is 24.1 Å². The summed E-state index contributed by atoms with van der Waals surface area (Å²) in [5, 5.41) is 10.3. The molecule has 0 spiro atoms. The lowest BCUT2D eigenvalue weighted by atomic mass is 9.89. The van der Waals surface area contributed by atoms with Crippen LogP contribution < -0.4 is 15.8 Å². The first-order valence-corrected chi connectivity index (χ1v) is 14.1. The highest BCUT2D eigenvalue weighted by Gasteiger charge is 2.53. The Kier molecular flexibility index (Phi) is 8.94. The molecule has 0 radical (unpaired) electrons. The van der Waals surface area contributed by atoms with E-state index in [1.54, 1.807) is 0 Å². The second kappa shape index (κ2) is 12.0. The monoisotopic (exact) mass is 621 g/mol. The minimum Gasteiger partial charge on any atom is -0.487 e. The summed E-state index contributed by atoms with van der Waals surface area (Å²) in [7, 11) is 0. The number of aromatic nitrogens is 1. The first-order chi connectivity index (χ1) is 20.4. The van der Waals surface area contributed by atoms with E-state index in [-0.39, 0.29) is 42.1 Å². The van der Waals surface area contributed by atoms with Gasteiger partial charge < -0.3 is 20.9 Å². The van der Waals surface area contributed by atoms with Gasteiger partial charge in [-0.2, -0.15) is 13.2 Å². The SMILES string of the molecule is CC[C@@]1(C)CC(=O)N(C(c2cncc(F)c2)[C@@H]2C[C@H]2C(=O)N[C@H]2CC(C)(C)Oc3ccccc32)C(N)=N1.O=C(O)C(F)(F)F. The van der Waals surface area contributed by atoms with Gasteiger partial charge in [0.05, 0.1) is 30.2 Å². The Bertz CT molecular complexity index is 1470. The summed E-state index contributed by atoms with van der Waals surface area (Å²) in [4.78, 5) is 45.8. The highest BCUT2D eigenvalue weighted by molar-refractivity contribution is 5.99. The normalized spacial score (nSPS) is 26.2. The van der Waals surface area contributed by atoms with Crippen molar-refractivity contribution >= 4 is 23.7 Å². The molecule has 0 saturated heterocycles. The molecular formula is C30H35F4N5O5. The number of halogens is 4. The molecule has 1 saturated carbocycles. The van der Waals surface area contributed by atoms with Gasteiger partial charge in [0.2, 0.25) is 11.8 Å². The molecule has 2 aromatic rings. The number of amides is 2. The van der Waals surface area contributed by atoms with Gasteiger partial charge in [0.15, 0.2) is 5.96 Å². The zero-order valence-electron chi connectivity index (χ0n) is 24.7. The Morgan fingerprint density at radius 2 is 1.89 bits per heavy atom. The Balaban J connectivity index is 0.000000566. The minimum absolute atomic E-state index is 0.0982. The fourth-order valence-electron chi connectivity index (χ4n) is 5.66. The van der Waals surface area contributed by atoms with Crippen LogP contribution in [-0.4, -0.2) is 56.0 Å². The summed E-state index contributed by atoms with van der Waals surface area (Å²) in [5.74, 6) is -3.28. The number of carboxylic acids is 1. The second-order valence-electron chi connectivity index (χ2n) is 12.1. The van der Waals surface area contributed by atoms with Crippen molar-refractivity contribution in [3.63, 3.8) is 0 Å². The van der Waals surface area contributed by atoms with Gasteiger partial charge in [-0.1, -0.05) is 25.1 Å². The van der Waals surface area contributed by atoms with E-state index >= 15 is 0 Å². The summed E-state index contributed by atoms with van der Waals surface area (Å²) >= 11 is 0. The maximum absolute atomic E-state index is 14.2. The fourth-order valence-corrected chi connectivity index (χ4v) is 5.66. The van der Waals surface area contributed by atoms with E-state index in [9.17, 15) is 27.2 Å². The molecule has 3 heterocycles. The lowest BCUT2D eigenvalue weighted by molar-refractivity contribution is -0.192. The summed E-state index contributed by atoms with van der Waals surface area (Å²) < 4.78 is 52.0. The van der Waals surface area contributed by atoms with Gasteiger partial charge >= 0.3 is 12.1 Å². The number of fused-ring (bicyclic) bond motifs is 1. The number of ether oxygens (including phenoxy) is 1. The fraction of sp³-hybridized carbons (Fsp3) is 0.500. The number of nitrogens with zero attached hydrogens (tertiary/aromatic N) is 3. The topological polar surface area (TPSA) is 147 Å².